The van der Waals surface area contributed by atoms with Crippen molar-refractivity contribution in [3.05, 3.63) is 42.2 Å². The molecule has 1 aliphatic heterocycles. The molecule has 1 aliphatic rings. The van der Waals surface area contributed by atoms with Crippen molar-refractivity contribution in [2.45, 2.75) is 51.6 Å². The third kappa shape index (κ3) is 3.49. The summed E-state index contributed by atoms with van der Waals surface area (Å²) in [4.78, 5) is 26.9. The van der Waals surface area contributed by atoms with E-state index < -0.39 is 5.54 Å². The van der Waals surface area contributed by atoms with Gasteiger partial charge in [-0.1, -0.05) is 35.5 Å². The normalized spacial score (nSPS) is 19.8. The number of benzene rings is 1. The van der Waals surface area contributed by atoms with Crippen molar-refractivity contribution >= 4 is 11.8 Å². The van der Waals surface area contributed by atoms with Crippen molar-refractivity contribution in [3.8, 4) is 11.3 Å². The van der Waals surface area contributed by atoms with Gasteiger partial charge < -0.3 is 14.7 Å². The highest BCUT2D eigenvalue weighted by atomic mass is 16.5. The van der Waals surface area contributed by atoms with Crippen LogP contribution in [0.3, 0.4) is 0 Å². The second-order valence-corrected chi connectivity index (χ2v) is 7.16. The van der Waals surface area contributed by atoms with Crippen molar-refractivity contribution < 1.29 is 14.1 Å². The summed E-state index contributed by atoms with van der Waals surface area (Å²) in [6.07, 6.45) is 1.74. The highest BCUT2D eigenvalue weighted by Crippen LogP contribution is 2.34. The third-order valence-electron chi connectivity index (χ3n) is 4.81. The predicted octanol–water partition coefficient (Wildman–Crippen LogP) is 2.79. The van der Waals surface area contributed by atoms with Crippen LogP contribution in [0, 0.1) is 0 Å². The predicted molar refractivity (Wildman–Crippen MR) is 98.3 cm³/mol. The molecule has 1 atom stereocenters. The van der Waals surface area contributed by atoms with Gasteiger partial charge in [-0.15, -0.1) is 0 Å². The van der Waals surface area contributed by atoms with E-state index in [1.165, 1.54) is 6.92 Å². The van der Waals surface area contributed by atoms with Crippen LogP contribution < -0.4 is 5.32 Å². The highest BCUT2D eigenvalue weighted by molar-refractivity contribution is 5.92. The fourth-order valence-corrected chi connectivity index (χ4v) is 3.66. The number of carbonyl (C=O) groups is 2. The number of likely N-dealkylation sites (tertiary alicyclic amines) is 1. The topological polar surface area (TPSA) is 75.4 Å². The molecule has 1 N–H and O–H groups in total. The van der Waals surface area contributed by atoms with E-state index in [0.717, 1.165) is 17.7 Å². The average Bonchev–Trinajstić information content (AvgIpc) is 3.23. The van der Waals surface area contributed by atoms with Gasteiger partial charge in [0.2, 0.25) is 11.8 Å². The molecule has 2 amide bonds. The zero-order chi connectivity index (χ0) is 18.7. The van der Waals surface area contributed by atoms with Gasteiger partial charge in [-0.25, -0.2) is 0 Å². The maximum Gasteiger partial charge on any atom is 0.246 e. The van der Waals surface area contributed by atoms with Gasteiger partial charge >= 0.3 is 0 Å². The minimum Gasteiger partial charge on any atom is -0.361 e. The van der Waals surface area contributed by atoms with Crippen molar-refractivity contribution in [2.75, 3.05) is 6.54 Å². The molecule has 0 saturated carbocycles. The summed E-state index contributed by atoms with van der Waals surface area (Å²) < 4.78 is 5.52. The Morgan fingerprint density at radius 2 is 2.04 bits per heavy atom. The molecule has 2 heterocycles. The zero-order valence-electron chi connectivity index (χ0n) is 15.5. The standard InChI is InChI=1S/C20H25N3O3/c1-14(2)21-19(25)20(10-7-11-23(20)15(3)24)13-17-12-18(22-26-17)16-8-5-4-6-9-16/h4-6,8-9,12,14H,7,10-11,13H2,1-3H3,(H,21,25)/t20-/m1/s1. The Labute approximate surface area is 153 Å². The molecule has 0 spiro atoms. The SMILES string of the molecule is CC(=O)N1CCC[C@@]1(Cc1cc(-c2ccccc2)no1)C(=O)NC(C)C. The summed E-state index contributed by atoms with van der Waals surface area (Å²) in [7, 11) is 0. The van der Waals surface area contributed by atoms with Gasteiger partial charge in [-0.05, 0) is 26.7 Å². The molecule has 138 valence electrons. The van der Waals surface area contributed by atoms with Gasteiger partial charge in [-0.2, -0.15) is 0 Å². The first kappa shape index (κ1) is 18.2. The van der Waals surface area contributed by atoms with Crippen LogP contribution in [-0.2, 0) is 16.0 Å². The van der Waals surface area contributed by atoms with Crippen LogP contribution in [0.25, 0.3) is 11.3 Å². The van der Waals surface area contributed by atoms with E-state index >= 15 is 0 Å². The molecule has 0 bridgehead atoms. The Kier molecular flexibility index (Phi) is 5.11. The summed E-state index contributed by atoms with van der Waals surface area (Å²) in [6, 6.07) is 11.6. The van der Waals surface area contributed by atoms with Crippen molar-refractivity contribution in [1.29, 1.82) is 0 Å². The summed E-state index contributed by atoms with van der Waals surface area (Å²) in [6.45, 7) is 5.93. The van der Waals surface area contributed by atoms with E-state index in [-0.39, 0.29) is 17.9 Å². The van der Waals surface area contributed by atoms with Gasteiger partial charge in [0.05, 0.1) is 0 Å². The quantitative estimate of drug-likeness (QED) is 0.895. The summed E-state index contributed by atoms with van der Waals surface area (Å²) in [5.74, 6) is 0.387. The van der Waals surface area contributed by atoms with Crippen molar-refractivity contribution in [3.63, 3.8) is 0 Å². The Hall–Kier alpha value is -2.63. The van der Waals surface area contributed by atoms with Crippen LogP contribution in [0.1, 0.15) is 39.4 Å². The van der Waals surface area contributed by atoms with Gasteiger partial charge in [0.1, 0.15) is 17.0 Å². The highest BCUT2D eigenvalue weighted by Gasteiger charge is 2.49. The smallest absolute Gasteiger partial charge is 0.246 e. The van der Waals surface area contributed by atoms with Crippen LogP contribution >= 0.6 is 0 Å². The molecule has 3 rings (SSSR count). The Bertz CT molecular complexity index is 785. The summed E-state index contributed by atoms with van der Waals surface area (Å²) in [5.41, 5.74) is 0.772. The Morgan fingerprint density at radius 3 is 2.69 bits per heavy atom. The van der Waals surface area contributed by atoms with E-state index in [1.54, 1.807) is 4.90 Å². The van der Waals surface area contributed by atoms with Crippen LogP contribution in [-0.4, -0.2) is 40.0 Å². The lowest BCUT2D eigenvalue weighted by Gasteiger charge is -2.36. The molecule has 1 aromatic heterocycles. The lowest BCUT2D eigenvalue weighted by molar-refractivity contribution is -0.144. The molecule has 0 radical (unpaired) electrons. The fourth-order valence-electron chi connectivity index (χ4n) is 3.66. The number of hydrogen-bond acceptors (Lipinski definition) is 4. The average molecular weight is 355 g/mol. The number of nitrogens with one attached hydrogen (secondary N) is 1. The monoisotopic (exact) mass is 355 g/mol. The number of carbonyl (C=O) groups excluding carboxylic acids is 2. The van der Waals surface area contributed by atoms with E-state index in [9.17, 15) is 9.59 Å². The maximum atomic E-state index is 13.0. The fraction of sp³-hybridized carbons (Fsp3) is 0.450. The molecule has 6 nitrogen and oxygen atoms in total. The molecule has 1 saturated heterocycles. The first-order valence-electron chi connectivity index (χ1n) is 9.02. The lowest BCUT2D eigenvalue weighted by atomic mass is 9.88. The minimum atomic E-state index is -0.913. The Morgan fingerprint density at radius 1 is 1.31 bits per heavy atom. The number of amides is 2. The van der Waals surface area contributed by atoms with E-state index in [2.05, 4.69) is 10.5 Å². The van der Waals surface area contributed by atoms with Gasteiger partial charge in [0.15, 0.2) is 0 Å². The summed E-state index contributed by atoms with van der Waals surface area (Å²) in [5, 5.41) is 7.11. The van der Waals surface area contributed by atoms with Crippen LogP contribution in [0.2, 0.25) is 0 Å². The first-order chi connectivity index (χ1) is 12.4. The number of aromatic nitrogens is 1. The molecule has 0 unspecified atom stereocenters. The summed E-state index contributed by atoms with van der Waals surface area (Å²) >= 11 is 0. The number of nitrogens with zero attached hydrogens (tertiary/aromatic N) is 2. The van der Waals surface area contributed by atoms with Crippen molar-refractivity contribution in [1.82, 2.24) is 15.4 Å². The molecule has 1 aromatic carbocycles. The van der Waals surface area contributed by atoms with Crippen LogP contribution in [0.4, 0.5) is 0 Å². The van der Waals surface area contributed by atoms with Crippen molar-refractivity contribution in [2.24, 2.45) is 0 Å². The number of rotatable bonds is 5. The largest absolute Gasteiger partial charge is 0.361 e. The van der Waals surface area contributed by atoms with E-state index in [4.69, 9.17) is 4.52 Å². The molecule has 26 heavy (non-hydrogen) atoms. The van der Waals surface area contributed by atoms with E-state index in [0.29, 0.717) is 25.1 Å². The maximum absolute atomic E-state index is 13.0. The third-order valence-corrected chi connectivity index (χ3v) is 4.81. The molecule has 2 aromatic rings. The molecule has 6 heteroatoms. The van der Waals surface area contributed by atoms with Crippen LogP contribution in [0.15, 0.2) is 40.9 Å². The van der Waals surface area contributed by atoms with Gasteiger partial charge in [-0.3, -0.25) is 9.59 Å². The lowest BCUT2D eigenvalue weighted by Crippen LogP contribution is -2.59. The molecule has 1 fully saturated rings. The number of hydrogen-bond donors (Lipinski definition) is 1. The second-order valence-electron chi connectivity index (χ2n) is 7.16. The van der Waals surface area contributed by atoms with Gasteiger partial charge in [0, 0.05) is 37.6 Å². The second kappa shape index (κ2) is 7.32. The van der Waals surface area contributed by atoms with Gasteiger partial charge in [0.25, 0.3) is 0 Å². The van der Waals surface area contributed by atoms with Crippen LogP contribution in [0.5, 0.6) is 0 Å². The first-order valence-corrected chi connectivity index (χ1v) is 9.02. The van der Waals surface area contributed by atoms with E-state index in [1.807, 2.05) is 50.2 Å². The minimum absolute atomic E-state index is 0.00314. The Balaban J connectivity index is 1.90. The zero-order valence-corrected chi connectivity index (χ0v) is 15.5. The molecular formula is C20H25N3O3. The molecule has 0 aliphatic carbocycles. The molecular weight excluding hydrogens is 330 g/mol.